The molecule has 9 nitrogen and oxygen atoms in total. The Labute approximate surface area is 203 Å². The predicted octanol–water partition coefficient (Wildman–Crippen LogP) is 3.24. The summed E-state index contributed by atoms with van der Waals surface area (Å²) >= 11 is 0. The number of furan rings is 1. The van der Waals surface area contributed by atoms with E-state index in [1.807, 2.05) is 0 Å². The first-order chi connectivity index (χ1) is 16.9. The lowest BCUT2D eigenvalue weighted by molar-refractivity contribution is -0.149. The zero-order valence-corrected chi connectivity index (χ0v) is 19.5. The van der Waals surface area contributed by atoms with Crippen molar-refractivity contribution >= 4 is 33.7 Å². The van der Waals surface area contributed by atoms with Crippen LogP contribution in [0.1, 0.15) is 17.4 Å². The van der Waals surface area contributed by atoms with Crippen molar-refractivity contribution in [3.8, 4) is 0 Å². The van der Waals surface area contributed by atoms with E-state index in [0.29, 0.717) is 24.5 Å². The fourth-order valence-corrected chi connectivity index (χ4v) is 4.92. The third-order valence-electron chi connectivity index (χ3n) is 5.21. The predicted molar refractivity (Wildman–Crippen MR) is 128 cm³/mol. The van der Waals surface area contributed by atoms with Gasteiger partial charge in [0.2, 0.25) is 16.1 Å². The van der Waals surface area contributed by atoms with Gasteiger partial charge < -0.3 is 19.2 Å². The Morgan fingerprint density at radius 2 is 1.77 bits per heavy atom. The summed E-state index contributed by atoms with van der Waals surface area (Å²) in [6.07, 6.45) is 2.81. The van der Waals surface area contributed by atoms with E-state index in [2.05, 4.69) is 5.32 Å². The van der Waals surface area contributed by atoms with Gasteiger partial charge in [-0.15, -0.1) is 0 Å². The minimum absolute atomic E-state index is 0.0480. The molecule has 0 unspecified atom stereocenters. The molecule has 2 aromatic carbocycles. The molecule has 1 fully saturated rings. The molecule has 3 aromatic rings. The van der Waals surface area contributed by atoms with Crippen LogP contribution in [-0.4, -0.2) is 50.9 Å². The zero-order valence-electron chi connectivity index (χ0n) is 18.7. The summed E-state index contributed by atoms with van der Waals surface area (Å²) in [7, 11) is -3.74. The molecule has 1 aliphatic heterocycles. The molecule has 4 rings (SSSR count). The van der Waals surface area contributed by atoms with Gasteiger partial charge in [0.15, 0.2) is 0 Å². The molecule has 1 aromatic heterocycles. The van der Waals surface area contributed by atoms with Gasteiger partial charge in [-0.1, -0.05) is 36.4 Å². The van der Waals surface area contributed by atoms with E-state index in [1.165, 1.54) is 28.8 Å². The molecular weight excluding hydrogens is 472 g/mol. The minimum Gasteiger partial charge on any atom is -0.465 e. The largest absolute Gasteiger partial charge is 0.465 e. The number of nitrogens with zero attached hydrogens (tertiary/aromatic N) is 1. The number of carbonyl (C=O) groups is 2. The second-order valence-electron chi connectivity index (χ2n) is 7.61. The van der Waals surface area contributed by atoms with Gasteiger partial charge >= 0.3 is 5.97 Å². The lowest BCUT2D eigenvalue weighted by Gasteiger charge is -2.26. The Balaban J connectivity index is 1.52. The number of morpholine rings is 1. The van der Waals surface area contributed by atoms with Gasteiger partial charge in [0.1, 0.15) is 5.76 Å². The number of amides is 1. The van der Waals surface area contributed by atoms with E-state index >= 15 is 0 Å². The van der Waals surface area contributed by atoms with Crippen molar-refractivity contribution in [3.63, 3.8) is 0 Å². The van der Waals surface area contributed by atoms with Crippen LogP contribution in [0.2, 0.25) is 0 Å². The molecule has 10 heteroatoms. The maximum Gasteiger partial charge on any atom is 0.332 e. The van der Waals surface area contributed by atoms with Crippen LogP contribution in [-0.2, 0) is 29.1 Å². The highest BCUT2D eigenvalue weighted by molar-refractivity contribution is 7.89. The molecule has 182 valence electrons. The Morgan fingerprint density at radius 3 is 2.49 bits per heavy atom. The smallest absolute Gasteiger partial charge is 0.332 e. The topological polar surface area (TPSA) is 115 Å². The first-order valence-electron chi connectivity index (χ1n) is 10.9. The number of sulfonamides is 1. The standard InChI is InChI=1S/C25H24N2O7S/c28-23(12-11-21-9-5-15-33-21)34-24(19-6-2-1-3-7-19)25(29)26-20-8-4-10-22(18-20)35(30,31)27-13-16-32-17-14-27/h1-12,15,18,24H,13-14,16-17H2,(H,26,29)/b12-11+/t24-/m1/s1. The van der Waals surface area contributed by atoms with E-state index in [9.17, 15) is 18.0 Å². The van der Waals surface area contributed by atoms with Gasteiger partial charge in [-0.25, -0.2) is 13.2 Å². The van der Waals surface area contributed by atoms with E-state index in [0.717, 1.165) is 6.08 Å². The summed E-state index contributed by atoms with van der Waals surface area (Å²) < 4.78 is 43.1. The first-order valence-corrected chi connectivity index (χ1v) is 12.3. The molecule has 1 amide bonds. The van der Waals surface area contributed by atoms with E-state index < -0.39 is 28.0 Å². The average molecular weight is 497 g/mol. The third kappa shape index (κ3) is 6.24. The van der Waals surface area contributed by atoms with Crippen molar-refractivity contribution in [2.75, 3.05) is 31.6 Å². The van der Waals surface area contributed by atoms with Gasteiger partial charge in [0.05, 0.1) is 24.4 Å². The Kier molecular flexibility index (Phi) is 7.76. The van der Waals surface area contributed by atoms with E-state index in [-0.39, 0.29) is 23.7 Å². The SMILES string of the molecule is O=C(/C=C/c1ccco1)O[C@@H](C(=O)Nc1cccc(S(=O)(=O)N2CCOCC2)c1)c1ccccc1. The number of anilines is 1. The monoisotopic (exact) mass is 496 g/mol. The van der Waals surface area contributed by atoms with Crippen LogP contribution >= 0.6 is 0 Å². The van der Waals surface area contributed by atoms with Crippen molar-refractivity contribution in [1.29, 1.82) is 0 Å². The number of hydrogen-bond acceptors (Lipinski definition) is 7. The van der Waals surface area contributed by atoms with Crippen molar-refractivity contribution in [2.45, 2.75) is 11.0 Å². The number of ether oxygens (including phenoxy) is 2. The molecule has 1 aliphatic rings. The normalized spacial score (nSPS) is 15.5. The fourth-order valence-electron chi connectivity index (χ4n) is 3.47. The number of rotatable bonds is 8. The second-order valence-corrected chi connectivity index (χ2v) is 9.55. The lowest BCUT2D eigenvalue weighted by atomic mass is 10.1. The number of esters is 1. The first kappa shape index (κ1) is 24.4. The van der Waals surface area contributed by atoms with Gasteiger partial charge in [-0.3, -0.25) is 4.79 Å². The summed E-state index contributed by atoms with van der Waals surface area (Å²) in [4.78, 5) is 25.6. The molecule has 1 N–H and O–H groups in total. The number of nitrogens with one attached hydrogen (secondary N) is 1. The maximum atomic E-state index is 13.1. The summed E-state index contributed by atoms with van der Waals surface area (Å²) in [5, 5.41) is 2.66. The van der Waals surface area contributed by atoms with Gasteiger partial charge in [0.25, 0.3) is 5.91 Å². The Morgan fingerprint density at radius 1 is 1.00 bits per heavy atom. The van der Waals surface area contributed by atoms with Crippen LogP contribution in [0, 0.1) is 0 Å². The molecular formula is C25H24N2O7S. The van der Waals surface area contributed by atoms with Gasteiger partial charge in [0, 0.05) is 30.4 Å². The Bertz CT molecular complexity index is 1280. The van der Waals surface area contributed by atoms with E-state index in [1.54, 1.807) is 54.6 Å². The number of hydrogen-bond donors (Lipinski definition) is 1. The Hall–Kier alpha value is -3.73. The molecule has 35 heavy (non-hydrogen) atoms. The maximum absolute atomic E-state index is 13.1. The summed E-state index contributed by atoms with van der Waals surface area (Å²) in [5.41, 5.74) is 0.717. The highest BCUT2D eigenvalue weighted by Gasteiger charge is 2.28. The highest BCUT2D eigenvalue weighted by Crippen LogP contribution is 2.24. The van der Waals surface area contributed by atoms with Crippen molar-refractivity contribution in [1.82, 2.24) is 4.31 Å². The van der Waals surface area contributed by atoms with Crippen molar-refractivity contribution in [2.24, 2.45) is 0 Å². The zero-order chi connectivity index (χ0) is 24.7. The summed E-state index contributed by atoms with van der Waals surface area (Å²) in [5.74, 6) is -0.910. The summed E-state index contributed by atoms with van der Waals surface area (Å²) in [6.45, 7) is 1.18. The van der Waals surface area contributed by atoms with E-state index in [4.69, 9.17) is 13.9 Å². The van der Waals surface area contributed by atoms with Crippen LogP contribution in [0.3, 0.4) is 0 Å². The van der Waals surface area contributed by atoms with Gasteiger partial charge in [-0.05, 0) is 36.4 Å². The molecule has 0 aliphatic carbocycles. The van der Waals surface area contributed by atoms with Gasteiger partial charge in [-0.2, -0.15) is 4.31 Å². The molecule has 2 heterocycles. The number of benzene rings is 2. The molecule has 0 saturated carbocycles. The van der Waals surface area contributed by atoms with Crippen LogP contribution < -0.4 is 5.32 Å². The van der Waals surface area contributed by atoms with Crippen LogP contribution in [0.5, 0.6) is 0 Å². The quantitative estimate of drug-likeness (QED) is 0.376. The molecule has 0 spiro atoms. The molecule has 0 bridgehead atoms. The minimum atomic E-state index is -3.74. The van der Waals surface area contributed by atoms with Crippen LogP contribution in [0.25, 0.3) is 6.08 Å². The number of carbonyl (C=O) groups excluding carboxylic acids is 2. The summed E-state index contributed by atoms with van der Waals surface area (Å²) in [6, 6.07) is 17.8. The highest BCUT2D eigenvalue weighted by atomic mass is 32.2. The van der Waals surface area contributed by atoms with Crippen LogP contribution in [0.15, 0.2) is 88.4 Å². The molecule has 0 radical (unpaired) electrons. The third-order valence-corrected chi connectivity index (χ3v) is 7.11. The second kappa shape index (κ2) is 11.1. The van der Waals surface area contributed by atoms with Crippen molar-refractivity contribution in [3.05, 3.63) is 90.4 Å². The molecule has 1 saturated heterocycles. The van der Waals surface area contributed by atoms with Crippen molar-refractivity contribution < 1.29 is 31.9 Å². The average Bonchev–Trinajstić information content (AvgIpc) is 3.41. The molecule has 1 atom stereocenters. The van der Waals surface area contributed by atoms with Crippen LogP contribution in [0.4, 0.5) is 5.69 Å². The fraction of sp³-hybridized carbons (Fsp3) is 0.200. The lowest BCUT2D eigenvalue weighted by Crippen LogP contribution is -2.40.